The number of hydrogen-bond donors (Lipinski definition) is 1. The summed E-state index contributed by atoms with van der Waals surface area (Å²) in [5, 5.41) is 3.31. The zero-order valence-corrected chi connectivity index (χ0v) is 8.21. The van der Waals surface area contributed by atoms with Gasteiger partial charge in [0.25, 0.3) is 12.6 Å². The lowest BCUT2D eigenvalue weighted by atomic mass is 10.2. The van der Waals surface area contributed by atoms with Gasteiger partial charge in [-0.3, -0.25) is 9.59 Å². The van der Waals surface area contributed by atoms with E-state index in [1.54, 1.807) is 0 Å². The van der Waals surface area contributed by atoms with Crippen molar-refractivity contribution in [2.24, 2.45) is 0 Å². The average molecular weight is 187 g/mol. The van der Waals surface area contributed by atoms with Crippen molar-refractivity contribution in [1.82, 2.24) is 5.32 Å². The minimum absolute atomic E-state index is 0.793. The van der Waals surface area contributed by atoms with E-state index in [4.69, 9.17) is 9.59 Å². The molecule has 0 saturated carbocycles. The van der Waals surface area contributed by atoms with Crippen LogP contribution in [-0.4, -0.2) is 35.3 Å². The third kappa shape index (κ3) is 11.3. The van der Waals surface area contributed by atoms with Crippen LogP contribution < -0.4 is 5.32 Å². The smallest absolute Gasteiger partial charge is 0.281 e. The molecule has 0 aromatic rings. The van der Waals surface area contributed by atoms with Gasteiger partial charge in [-0.05, 0) is 38.8 Å². The molecule has 0 rings (SSSR count). The largest absolute Gasteiger partial charge is 0.317 e. The van der Waals surface area contributed by atoms with E-state index in [-0.39, 0.29) is 0 Å². The Kier molecular flexibility index (Phi) is 10.7. The first-order chi connectivity index (χ1) is 6.41. The fourth-order valence-corrected chi connectivity index (χ4v) is 1.10. The van der Waals surface area contributed by atoms with Crippen molar-refractivity contribution in [3.63, 3.8) is 0 Å². The van der Waals surface area contributed by atoms with Gasteiger partial charge in [0.15, 0.2) is 0 Å². The van der Waals surface area contributed by atoms with Gasteiger partial charge < -0.3 is 5.32 Å². The predicted molar refractivity (Wildman–Crippen MR) is 56.6 cm³/mol. The first-order valence-corrected chi connectivity index (χ1v) is 5.04. The average Bonchev–Trinajstić information content (AvgIpc) is 2.16. The maximum atomic E-state index is 8.39. The van der Waals surface area contributed by atoms with E-state index in [1.807, 2.05) is 0 Å². The van der Waals surface area contributed by atoms with Crippen LogP contribution in [0.2, 0.25) is 0 Å². The zero-order valence-electron chi connectivity index (χ0n) is 8.21. The molecule has 0 aliphatic rings. The third-order valence-corrected chi connectivity index (χ3v) is 1.87. The van der Waals surface area contributed by atoms with Crippen molar-refractivity contribution in [2.75, 3.05) is 13.1 Å². The number of hydrogen-bond acceptors (Lipinski definition) is 1. The Balaban J connectivity index is 2.83. The van der Waals surface area contributed by atoms with Crippen molar-refractivity contribution in [2.45, 2.75) is 38.5 Å². The molecule has 3 nitrogen and oxygen atoms in total. The fourth-order valence-electron chi connectivity index (χ4n) is 1.10. The molecular formula is C10H21NO2+2. The molecule has 0 saturated heterocycles. The molecular weight excluding hydrogens is 166 g/mol. The Morgan fingerprint density at radius 2 is 1.23 bits per heavy atom. The second-order valence-electron chi connectivity index (χ2n) is 3.11. The highest BCUT2D eigenvalue weighted by Crippen LogP contribution is 1.92. The molecule has 0 bridgehead atoms. The summed E-state index contributed by atoms with van der Waals surface area (Å²) < 4.78 is 0. The second kappa shape index (κ2) is 11.3. The Morgan fingerprint density at radius 1 is 0.769 bits per heavy atom. The van der Waals surface area contributed by atoms with Crippen LogP contribution in [0.15, 0.2) is 0 Å². The zero-order chi connectivity index (χ0) is 9.78. The van der Waals surface area contributed by atoms with E-state index >= 15 is 0 Å². The van der Waals surface area contributed by atoms with Crippen molar-refractivity contribution in [3.05, 3.63) is 0 Å². The summed E-state index contributed by atoms with van der Waals surface area (Å²) >= 11 is 0. The highest BCUT2D eigenvalue weighted by atomic mass is 16.1. The molecule has 0 atom stereocenters. The molecule has 76 valence electrons. The highest BCUT2D eigenvalue weighted by Gasteiger charge is 1.91. The Morgan fingerprint density at radius 3 is 1.62 bits per heavy atom. The Bertz CT molecular complexity index is 112. The normalized spacial score (nSPS) is 9.85. The van der Waals surface area contributed by atoms with Crippen molar-refractivity contribution >= 4 is 12.6 Å². The molecule has 0 spiro atoms. The summed E-state index contributed by atoms with van der Waals surface area (Å²) in [7, 11) is 0. The SMILES string of the molecule is [OH+]=CCCCCNCCCCC=[OH+]. The molecule has 3 N–H and O–H groups in total. The van der Waals surface area contributed by atoms with Gasteiger partial charge in [-0.15, -0.1) is 0 Å². The van der Waals surface area contributed by atoms with Gasteiger partial charge >= 0.3 is 0 Å². The number of carbonyl (C=O) groups excluding carboxylic acids is 2. The van der Waals surface area contributed by atoms with Crippen LogP contribution in [0.25, 0.3) is 0 Å². The van der Waals surface area contributed by atoms with Crippen molar-refractivity contribution in [3.8, 4) is 0 Å². The van der Waals surface area contributed by atoms with Crippen LogP contribution >= 0.6 is 0 Å². The molecule has 0 heterocycles. The van der Waals surface area contributed by atoms with Crippen LogP contribution in [0.3, 0.4) is 0 Å². The number of unbranched alkanes of at least 4 members (excludes halogenated alkanes) is 4. The van der Waals surface area contributed by atoms with Crippen LogP contribution in [0.4, 0.5) is 0 Å². The standard InChI is InChI=1S/C10H19NO2/c12-9-5-1-3-7-11-8-4-2-6-10-13/h9-11H,1-8H2/p+2. The third-order valence-electron chi connectivity index (χ3n) is 1.87. The molecule has 0 amide bonds. The lowest BCUT2D eigenvalue weighted by Crippen LogP contribution is -2.16. The van der Waals surface area contributed by atoms with E-state index in [9.17, 15) is 0 Å². The van der Waals surface area contributed by atoms with Crippen LogP contribution in [0.5, 0.6) is 0 Å². The molecule has 13 heavy (non-hydrogen) atoms. The minimum atomic E-state index is 0.793. The molecule has 0 aromatic carbocycles. The summed E-state index contributed by atoms with van der Waals surface area (Å²) in [4.78, 5) is 16.8. The molecule has 0 aliphatic carbocycles. The van der Waals surface area contributed by atoms with Crippen LogP contribution in [0, 0.1) is 0 Å². The quantitative estimate of drug-likeness (QED) is 0.312. The molecule has 0 unspecified atom stereocenters. The molecule has 3 heteroatoms. The monoisotopic (exact) mass is 187 g/mol. The van der Waals surface area contributed by atoms with Gasteiger partial charge in [-0.1, -0.05) is 0 Å². The van der Waals surface area contributed by atoms with Crippen molar-refractivity contribution in [1.29, 1.82) is 0 Å². The van der Waals surface area contributed by atoms with Crippen LogP contribution in [-0.2, 0) is 0 Å². The number of aldehydes is 2. The summed E-state index contributed by atoms with van der Waals surface area (Å²) in [5.41, 5.74) is 0. The predicted octanol–water partition coefficient (Wildman–Crippen LogP) is 1.27. The molecule has 0 aliphatic heterocycles. The highest BCUT2D eigenvalue weighted by molar-refractivity contribution is 5.50. The van der Waals surface area contributed by atoms with Gasteiger partial charge in [0, 0.05) is 0 Å². The van der Waals surface area contributed by atoms with Gasteiger partial charge in [0.05, 0.1) is 12.8 Å². The summed E-state index contributed by atoms with van der Waals surface area (Å²) in [6, 6.07) is 0. The van der Waals surface area contributed by atoms with E-state index in [1.165, 1.54) is 12.6 Å². The number of rotatable bonds is 10. The van der Waals surface area contributed by atoms with E-state index < -0.39 is 0 Å². The summed E-state index contributed by atoms with van der Waals surface area (Å²) in [6.07, 6.45) is 8.35. The van der Waals surface area contributed by atoms with Crippen LogP contribution in [0.1, 0.15) is 38.5 Å². The summed E-state index contributed by atoms with van der Waals surface area (Å²) in [5.74, 6) is 0. The summed E-state index contributed by atoms with van der Waals surface area (Å²) in [6.45, 7) is 2.05. The van der Waals surface area contributed by atoms with Crippen molar-refractivity contribution < 1.29 is 9.59 Å². The van der Waals surface area contributed by atoms with Gasteiger partial charge in [-0.2, -0.15) is 0 Å². The van der Waals surface area contributed by atoms with E-state index in [0.717, 1.165) is 51.6 Å². The van der Waals surface area contributed by atoms with Gasteiger partial charge in [-0.25, -0.2) is 0 Å². The lowest BCUT2D eigenvalue weighted by molar-refractivity contribution is 0.589. The van der Waals surface area contributed by atoms with Gasteiger partial charge in [0.1, 0.15) is 0 Å². The maximum Gasteiger partial charge on any atom is 0.281 e. The minimum Gasteiger partial charge on any atom is -0.317 e. The molecule has 0 fully saturated rings. The van der Waals surface area contributed by atoms with E-state index in [2.05, 4.69) is 5.32 Å². The maximum absolute atomic E-state index is 8.39. The Labute approximate surface area is 79.9 Å². The lowest BCUT2D eigenvalue weighted by Gasteiger charge is -2.01. The molecule has 0 radical (unpaired) electrons. The molecule has 0 aromatic heterocycles. The number of nitrogens with one attached hydrogen (secondary N) is 1. The van der Waals surface area contributed by atoms with E-state index in [0.29, 0.717) is 0 Å². The Hall–Kier alpha value is -0.700. The first-order valence-electron chi connectivity index (χ1n) is 5.04. The fraction of sp³-hybridized carbons (Fsp3) is 0.800. The second-order valence-corrected chi connectivity index (χ2v) is 3.11. The van der Waals surface area contributed by atoms with Gasteiger partial charge in [0.2, 0.25) is 0 Å². The first kappa shape index (κ1) is 12.3. The topological polar surface area (TPSA) is 54.8 Å².